The van der Waals surface area contributed by atoms with Crippen LogP contribution in [0.4, 0.5) is 0 Å². The van der Waals surface area contributed by atoms with Gasteiger partial charge in [0.1, 0.15) is 22.5 Å². The summed E-state index contributed by atoms with van der Waals surface area (Å²) in [5.41, 5.74) is 1.78. The monoisotopic (exact) mass is 289 g/mol. The lowest BCUT2D eigenvalue weighted by atomic mass is 10.2. The van der Waals surface area contributed by atoms with Gasteiger partial charge in [-0.05, 0) is 35.4 Å². The molecule has 0 radical (unpaired) electrons. The van der Waals surface area contributed by atoms with Gasteiger partial charge in [0.25, 0.3) is 0 Å². The topological polar surface area (TPSA) is 66.4 Å². The second kappa shape index (κ2) is 5.90. The summed E-state index contributed by atoms with van der Waals surface area (Å²) in [5, 5.41) is 0. The maximum atomic E-state index is 10.8. The number of ether oxygens (including phenoxy) is 1. The van der Waals surface area contributed by atoms with E-state index in [0.29, 0.717) is 12.4 Å². The number of benzene rings is 2. The van der Waals surface area contributed by atoms with Crippen molar-refractivity contribution in [2.75, 3.05) is 0 Å². The number of rotatable bonds is 5. The van der Waals surface area contributed by atoms with E-state index >= 15 is 0 Å². The Labute approximate surface area is 118 Å². The van der Waals surface area contributed by atoms with Crippen LogP contribution in [0.15, 0.2) is 60.0 Å². The predicted octanol–water partition coefficient (Wildman–Crippen LogP) is 2.81. The van der Waals surface area contributed by atoms with Crippen LogP contribution in [0.5, 0.6) is 5.75 Å². The maximum absolute atomic E-state index is 10.8. The highest BCUT2D eigenvalue weighted by atomic mass is 32.2. The van der Waals surface area contributed by atoms with Gasteiger partial charge in [-0.3, -0.25) is 0 Å². The van der Waals surface area contributed by atoms with Gasteiger partial charge in [0.2, 0.25) is 0 Å². The average Bonchev–Trinajstić information content (AvgIpc) is 2.45. The molecule has 0 unspecified atom stereocenters. The Balaban J connectivity index is 2.01. The molecule has 0 heterocycles. The highest BCUT2D eigenvalue weighted by Gasteiger charge is 2.01. The fourth-order valence-electron chi connectivity index (χ4n) is 1.62. The van der Waals surface area contributed by atoms with Crippen molar-refractivity contribution in [3.8, 4) is 5.75 Å². The zero-order chi connectivity index (χ0) is 14.6. The Hall–Kier alpha value is -2.11. The Kier molecular flexibility index (Phi) is 4.22. The van der Waals surface area contributed by atoms with Crippen LogP contribution in [0, 0.1) is 0 Å². The Bertz CT molecular complexity index is 686. The van der Waals surface area contributed by atoms with E-state index in [-0.39, 0.29) is 4.90 Å². The number of hydrogen-bond acceptors (Lipinski definition) is 4. The minimum absolute atomic E-state index is 0.239. The van der Waals surface area contributed by atoms with E-state index in [1.54, 1.807) is 18.2 Å². The third-order valence-corrected chi connectivity index (χ3v) is 3.58. The minimum Gasteiger partial charge on any atom is -0.744 e. The molecule has 104 valence electrons. The highest BCUT2D eigenvalue weighted by Crippen LogP contribution is 2.16. The summed E-state index contributed by atoms with van der Waals surface area (Å²) in [5.74, 6) is 0.705. The molecule has 0 aliphatic heterocycles. The van der Waals surface area contributed by atoms with Gasteiger partial charge in [0.05, 0.1) is 4.90 Å². The van der Waals surface area contributed by atoms with E-state index < -0.39 is 10.1 Å². The summed E-state index contributed by atoms with van der Waals surface area (Å²) in [6.45, 7) is 3.97. The van der Waals surface area contributed by atoms with Crippen LogP contribution in [0.2, 0.25) is 0 Å². The van der Waals surface area contributed by atoms with Crippen molar-refractivity contribution in [1.82, 2.24) is 0 Å². The zero-order valence-electron chi connectivity index (χ0n) is 10.7. The molecule has 0 N–H and O–H groups in total. The molecule has 2 aromatic rings. The predicted molar refractivity (Wildman–Crippen MR) is 75.3 cm³/mol. The van der Waals surface area contributed by atoms with E-state index in [1.165, 1.54) is 12.1 Å². The second-order valence-corrected chi connectivity index (χ2v) is 5.54. The molecule has 2 rings (SSSR count). The van der Waals surface area contributed by atoms with Crippen LogP contribution >= 0.6 is 0 Å². The Morgan fingerprint density at radius 3 is 2.15 bits per heavy atom. The summed E-state index contributed by atoms with van der Waals surface area (Å²) in [6, 6.07) is 13.1. The Morgan fingerprint density at radius 1 is 1.05 bits per heavy atom. The van der Waals surface area contributed by atoms with Gasteiger partial charge < -0.3 is 9.29 Å². The fraction of sp³-hybridized carbons (Fsp3) is 0.0667. The molecule has 5 heteroatoms. The molecule has 0 bridgehead atoms. The van der Waals surface area contributed by atoms with Crippen LogP contribution in [-0.2, 0) is 16.7 Å². The third-order valence-electron chi connectivity index (χ3n) is 2.73. The van der Waals surface area contributed by atoms with E-state index in [9.17, 15) is 13.0 Å². The molecule has 0 aromatic heterocycles. The first-order chi connectivity index (χ1) is 9.49. The van der Waals surface area contributed by atoms with Gasteiger partial charge in [-0.15, -0.1) is 0 Å². The first-order valence-corrected chi connectivity index (χ1v) is 7.30. The minimum atomic E-state index is -4.39. The van der Waals surface area contributed by atoms with Gasteiger partial charge in [0, 0.05) is 0 Å². The first kappa shape index (κ1) is 14.3. The maximum Gasteiger partial charge on any atom is 0.124 e. The molecule has 0 atom stereocenters. The first-order valence-electron chi connectivity index (χ1n) is 5.89. The molecule has 4 nitrogen and oxygen atoms in total. The van der Waals surface area contributed by atoms with Gasteiger partial charge in [0.15, 0.2) is 0 Å². The molecule has 0 saturated heterocycles. The van der Waals surface area contributed by atoms with Gasteiger partial charge >= 0.3 is 0 Å². The van der Waals surface area contributed by atoms with E-state index in [2.05, 4.69) is 6.58 Å². The SMILES string of the molecule is C=Cc1ccc(OCc2ccc(S(=O)(=O)[O-])cc2)cc1. The quantitative estimate of drug-likeness (QED) is 0.794. The van der Waals surface area contributed by atoms with Crippen molar-refractivity contribution < 1.29 is 17.7 Å². The summed E-state index contributed by atoms with van der Waals surface area (Å²) in [7, 11) is -4.39. The van der Waals surface area contributed by atoms with Crippen LogP contribution in [0.25, 0.3) is 6.08 Å². The molecular weight excluding hydrogens is 276 g/mol. The fourth-order valence-corrected chi connectivity index (χ4v) is 2.09. The summed E-state index contributed by atoms with van der Waals surface area (Å²) in [4.78, 5) is -0.239. The van der Waals surface area contributed by atoms with Crippen molar-refractivity contribution in [2.45, 2.75) is 11.5 Å². The van der Waals surface area contributed by atoms with Crippen LogP contribution in [0.1, 0.15) is 11.1 Å². The Morgan fingerprint density at radius 2 is 1.65 bits per heavy atom. The standard InChI is InChI=1S/C15H14O4S/c1-2-12-3-7-14(8-4-12)19-11-13-5-9-15(10-6-13)20(16,17)18/h2-10H,1,11H2,(H,16,17,18)/p-1. The van der Waals surface area contributed by atoms with Crippen molar-refractivity contribution in [1.29, 1.82) is 0 Å². The van der Waals surface area contributed by atoms with Crippen molar-refractivity contribution in [2.24, 2.45) is 0 Å². The lowest BCUT2D eigenvalue weighted by molar-refractivity contribution is 0.306. The molecule has 2 aromatic carbocycles. The zero-order valence-corrected chi connectivity index (χ0v) is 11.5. The van der Waals surface area contributed by atoms with Gasteiger partial charge in [-0.25, -0.2) is 8.42 Å². The third kappa shape index (κ3) is 3.69. The van der Waals surface area contributed by atoms with E-state index in [0.717, 1.165) is 11.1 Å². The van der Waals surface area contributed by atoms with Crippen molar-refractivity contribution >= 4 is 16.2 Å². The number of hydrogen-bond donors (Lipinski definition) is 0. The van der Waals surface area contributed by atoms with Crippen molar-refractivity contribution in [3.63, 3.8) is 0 Å². The molecule has 0 aliphatic carbocycles. The molecule has 0 saturated carbocycles. The molecule has 0 spiro atoms. The summed E-state index contributed by atoms with van der Waals surface area (Å²) >= 11 is 0. The molecular formula is C15H13O4S-. The molecule has 20 heavy (non-hydrogen) atoms. The highest BCUT2D eigenvalue weighted by molar-refractivity contribution is 7.85. The average molecular weight is 289 g/mol. The van der Waals surface area contributed by atoms with E-state index in [4.69, 9.17) is 4.74 Å². The second-order valence-electron chi connectivity index (χ2n) is 4.16. The molecule has 0 fully saturated rings. The van der Waals surface area contributed by atoms with Crippen LogP contribution in [-0.4, -0.2) is 13.0 Å². The van der Waals surface area contributed by atoms with Crippen LogP contribution < -0.4 is 4.74 Å². The largest absolute Gasteiger partial charge is 0.744 e. The van der Waals surface area contributed by atoms with Crippen molar-refractivity contribution in [3.05, 3.63) is 66.2 Å². The smallest absolute Gasteiger partial charge is 0.124 e. The summed E-state index contributed by atoms with van der Waals surface area (Å²) < 4.78 is 37.9. The normalized spacial score (nSPS) is 11.1. The van der Waals surface area contributed by atoms with E-state index in [1.807, 2.05) is 24.3 Å². The lowest BCUT2D eigenvalue weighted by Crippen LogP contribution is -2.00. The molecule has 0 amide bonds. The van der Waals surface area contributed by atoms with Gasteiger partial charge in [-0.1, -0.05) is 36.9 Å². The van der Waals surface area contributed by atoms with Crippen LogP contribution in [0.3, 0.4) is 0 Å². The van der Waals surface area contributed by atoms with Gasteiger partial charge in [-0.2, -0.15) is 0 Å². The lowest BCUT2D eigenvalue weighted by Gasteiger charge is -2.09. The summed E-state index contributed by atoms with van der Waals surface area (Å²) in [6.07, 6.45) is 1.74. The molecule has 0 aliphatic rings.